The predicted molar refractivity (Wildman–Crippen MR) is 81.9 cm³/mol. The van der Waals surface area contributed by atoms with Crippen molar-refractivity contribution < 1.29 is 14.6 Å². The molecule has 1 saturated heterocycles. The molecule has 2 aliphatic heterocycles. The average Bonchev–Trinajstić information content (AvgIpc) is 2.81. The molecule has 21 heavy (non-hydrogen) atoms. The Bertz CT molecular complexity index is 455. The van der Waals surface area contributed by atoms with Crippen LogP contribution in [0.15, 0.2) is 18.2 Å². The zero-order chi connectivity index (χ0) is 14.5. The van der Waals surface area contributed by atoms with Crippen LogP contribution < -0.4 is 9.47 Å². The molecule has 4 heteroatoms. The standard InChI is InChI=1S/C17H25NO3/c19-15(7-10-18-8-3-1-2-4-9-18)14-5-6-16-17(13-14)21-12-11-20-16/h5-6,13,15,19H,1-4,7-12H2. The van der Waals surface area contributed by atoms with E-state index < -0.39 is 6.10 Å². The molecule has 3 rings (SSSR count). The van der Waals surface area contributed by atoms with Crippen molar-refractivity contribution in [3.05, 3.63) is 23.8 Å². The third-order valence-corrected chi connectivity index (χ3v) is 4.37. The molecule has 0 amide bonds. The van der Waals surface area contributed by atoms with Crippen LogP contribution in [0.1, 0.15) is 43.8 Å². The fourth-order valence-electron chi connectivity index (χ4n) is 3.10. The van der Waals surface area contributed by atoms with Gasteiger partial charge in [-0.15, -0.1) is 0 Å². The fraction of sp³-hybridized carbons (Fsp3) is 0.647. The summed E-state index contributed by atoms with van der Waals surface area (Å²) in [5.41, 5.74) is 0.925. The molecule has 1 aromatic carbocycles. The third kappa shape index (κ3) is 3.89. The summed E-state index contributed by atoms with van der Waals surface area (Å²) in [5.74, 6) is 1.54. The molecule has 0 aliphatic carbocycles. The Hall–Kier alpha value is -1.26. The molecule has 1 unspecified atom stereocenters. The zero-order valence-electron chi connectivity index (χ0n) is 12.6. The van der Waals surface area contributed by atoms with Crippen molar-refractivity contribution in [2.75, 3.05) is 32.8 Å². The summed E-state index contributed by atoms with van der Waals surface area (Å²) in [7, 11) is 0. The molecule has 2 heterocycles. The molecule has 0 aromatic heterocycles. The minimum atomic E-state index is -0.427. The van der Waals surface area contributed by atoms with Crippen molar-refractivity contribution in [3.63, 3.8) is 0 Å². The molecule has 1 atom stereocenters. The number of hydrogen-bond acceptors (Lipinski definition) is 4. The van der Waals surface area contributed by atoms with Crippen LogP contribution in [-0.2, 0) is 0 Å². The first-order valence-electron chi connectivity index (χ1n) is 8.13. The summed E-state index contributed by atoms with van der Waals surface area (Å²) in [6.45, 7) is 4.50. The molecule has 116 valence electrons. The van der Waals surface area contributed by atoms with Crippen LogP contribution in [-0.4, -0.2) is 42.9 Å². The number of hydrogen-bond donors (Lipinski definition) is 1. The Morgan fingerprint density at radius 2 is 1.71 bits per heavy atom. The molecule has 2 aliphatic rings. The van der Waals surface area contributed by atoms with Crippen molar-refractivity contribution in [2.24, 2.45) is 0 Å². The van der Waals surface area contributed by atoms with E-state index in [1.54, 1.807) is 0 Å². The number of benzene rings is 1. The van der Waals surface area contributed by atoms with Crippen molar-refractivity contribution in [2.45, 2.75) is 38.2 Å². The van der Waals surface area contributed by atoms with Gasteiger partial charge in [0.15, 0.2) is 11.5 Å². The lowest BCUT2D eigenvalue weighted by Crippen LogP contribution is -2.26. The highest BCUT2D eigenvalue weighted by molar-refractivity contribution is 5.44. The predicted octanol–water partition coefficient (Wildman–Crippen LogP) is 2.76. The van der Waals surface area contributed by atoms with E-state index in [1.807, 2.05) is 18.2 Å². The van der Waals surface area contributed by atoms with Gasteiger partial charge >= 0.3 is 0 Å². The van der Waals surface area contributed by atoms with Gasteiger partial charge in [-0.25, -0.2) is 0 Å². The number of likely N-dealkylation sites (tertiary alicyclic amines) is 1. The maximum Gasteiger partial charge on any atom is 0.161 e. The van der Waals surface area contributed by atoms with E-state index in [0.29, 0.717) is 13.2 Å². The number of aliphatic hydroxyl groups excluding tert-OH is 1. The molecule has 0 bridgehead atoms. The second-order valence-electron chi connectivity index (χ2n) is 5.96. The van der Waals surface area contributed by atoms with Gasteiger partial charge in [-0.05, 0) is 50.0 Å². The lowest BCUT2D eigenvalue weighted by molar-refractivity contribution is 0.140. The van der Waals surface area contributed by atoms with Crippen LogP contribution in [0, 0.1) is 0 Å². The fourth-order valence-corrected chi connectivity index (χ4v) is 3.10. The van der Waals surface area contributed by atoms with Gasteiger partial charge in [-0.1, -0.05) is 18.9 Å². The third-order valence-electron chi connectivity index (χ3n) is 4.37. The van der Waals surface area contributed by atoms with E-state index in [-0.39, 0.29) is 0 Å². The van der Waals surface area contributed by atoms with Crippen LogP contribution in [0.25, 0.3) is 0 Å². The van der Waals surface area contributed by atoms with Gasteiger partial charge in [0.25, 0.3) is 0 Å². The lowest BCUT2D eigenvalue weighted by atomic mass is 10.1. The second kappa shape index (κ2) is 7.14. The first kappa shape index (κ1) is 14.7. The monoisotopic (exact) mass is 291 g/mol. The maximum atomic E-state index is 10.4. The molecular weight excluding hydrogens is 266 g/mol. The quantitative estimate of drug-likeness (QED) is 0.926. The molecule has 1 N–H and O–H groups in total. The van der Waals surface area contributed by atoms with Crippen molar-refractivity contribution in [3.8, 4) is 11.5 Å². The molecular formula is C17H25NO3. The van der Waals surface area contributed by atoms with Crippen molar-refractivity contribution >= 4 is 0 Å². The molecule has 1 fully saturated rings. The van der Waals surface area contributed by atoms with Gasteiger partial charge < -0.3 is 19.5 Å². The van der Waals surface area contributed by atoms with Crippen LogP contribution in [0.5, 0.6) is 11.5 Å². The summed E-state index contributed by atoms with van der Waals surface area (Å²) < 4.78 is 11.1. The Kier molecular flexibility index (Phi) is 4.99. The summed E-state index contributed by atoms with van der Waals surface area (Å²) >= 11 is 0. The van der Waals surface area contributed by atoms with Gasteiger partial charge in [-0.2, -0.15) is 0 Å². The van der Waals surface area contributed by atoms with Crippen LogP contribution in [0.3, 0.4) is 0 Å². The van der Waals surface area contributed by atoms with Crippen molar-refractivity contribution in [1.82, 2.24) is 4.90 Å². The molecule has 0 spiro atoms. The van der Waals surface area contributed by atoms with Gasteiger partial charge in [0.1, 0.15) is 13.2 Å². The van der Waals surface area contributed by atoms with E-state index in [9.17, 15) is 5.11 Å². The Balaban J connectivity index is 1.56. The van der Waals surface area contributed by atoms with E-state index in [2.05, 4.69) is 4.90 Å². The largest absolute Gasteiger partial charge is 0.486 e. The summed E-state index contributed by atoms with van der Waals surface area (Å²) in [5, 5.41) is 10.4. The Morgan fingerprint density at radius 1 is 1.00 bits per heavy atom. The van der Waals surface area contributed by atoms with Gasteiger partial charge in [0.05, 0.1) is 6.10 Å². The average molecular weight is 291 g/mol. The normalized spacial score (nSPS) is 20.8. The molecule has 0 saturated carbocycles. The highest BCUT2D eigenvalue weighted by Gasteiger charge is 2.17. The topological polar surface area (TPSA) is 41.9 Å². The zero-order valence-corrected chi connectivity index (χ0v) is 12.6. The molecule has 0 radical (unpaired) electrons. The van der Waals surface area contributed by atoms with Gasteiger partial charge in [-0.3, -0.25) is 0 Å². The number of rotatable bonds is 4. The highest BCUT2D eigenvalue weighted by Crippen LogP contribution is 2.33. The molecule has 4 nitrogen and oxygen atoms in total. The maximum absolute atomic E-state index is 10.4. The number of aliphatic hydroxyl groups is 1. The smallest absolute Gasteiger partial charge is 0.161 e. The summed E-state index contributed by atoms with van der Waals surface area (Å²) in [6, 6.07) is 5.77. The van der Waals surface area contributed by atoms with E-state index in [1.165, 1.54) is 38.8 Å². The van der Waals surface area contributed by atoms with Gasteiger partial charge in [0, 0.05) is 6.54 Å². The van der Waals surface area contributed by atoms with Crippen molar-refractivity contribution in [1.29, 1.82) is 0 Å². The second-order valence-corrected chi connectivity index (χ2v) is 5.96. The van der Waals surface area contributed by atoms with Gasteiger partial charge in [0.2, 0.25) is 0 Å². The lowest BCUT2D eigenvalue weighted by Gasteiger charge is -2.23. The number of ether oxygens (including phenoxy) is 2. The van der Waals surface area contributed by atoms with E-state index in [4.69, 9.17) is 9.47 Å². The Labute approximate surface area is 126 Å². The molecule has 1 aromatic rings. The minimum Gasteiger partial charge on any atom is -0.486 e. The van der Waals surface area contributed by atoms with Crippen LogP contribution in [0.2, 0.25) is 0 Å². The first-order chi connectivity index (χ1) is 10.3. The summed E-state index contributed by atoms with van der Waals surface area (Å²) in [4.78, 5) is 2.48. The Morgan fingerprint density at radius 3 is 2.48 bits per heavy atom. The van der Waals surface area contributed by atoms with Crippen LogP contribution in [0.4, 0.5) is 0 Å². The number of nitrogens with zero attached hydrogens (tertiary/aromatic N) is 1. The summed E-state index contributed by atoms with van der Waals surface area (Å²) in [6.07, 6.45) is 5.63. The number of fused-ring (bicyclic) bond motifs is 1. The van der Waals surface area contributed by atoms with E-state index >= 15 is 0 Å². The van der Waals surface area contributed by atoms with E-state index in [0.717, 1.165) is 30.0 Å². The first-order valence-corrected chi connectivity index (χ1v) is 8.13. The highest BCUT2D eigenvalue weighted by atomic mass is 16.6. The van der Waals surface area contributed by atoms with Crippen LogP contribution >= 0.6 is 0 Å². The minimum absolute atomic E-state index is 0.427. The SMILES string of the molecule is OC(CCN1CCCCCC1)c1ccc2c(c1)OCCO2.